The van der Waals surface area contributed by atoms with Gasteiger partial charge in [-0.15, -0.1) is 0 Å². The van der Waals surface area contributed by atoms with Crippen LogP contribution in [0.4, 0.5) is 10.6 Å². The van der Waals surface area contributed by atoms with Crippen molar-refractivity contribution in [3.8, 4) is 0 Å². The van der Waals surface area contributed by atoms with Crippen molar-refractivity contribution in [2.75, 3.05) is 25.0 Å². The molecular formula is C15H24N4O3. The van der Waals surface area contributed by atoms with Crippen LogP contribution in [0.15, 0.2) is 12.3 Å². The van der Waals surface area contributed by atoms with Crippen molar-refractivity contribution in [2.24, 2.45) is 5.92 Å². The SMILES string of the molecule is CCOC(=O)N1CCCC(C(=O)Nc2ccnn2C(C)C)C1. The molecule has 1 aliphatic heterocycles. The average molecular weight is 308 g/mol. The van der Waals surface area contributed by atoms with Crippen LogP contribution in [0, 0.1) is 5.92 Å². The molecule has 1 saturated heterocycles. The van der Waals surface area contributed by atoms with E-state index >= 15 is 0 Å². The number of piperidine rings is 1. The second-order valence-electron chi connectivity index (χ2n) is 5.73. The number of anilines is 1. The molecule has 0 spiro atoms. The molecule has 1 atom stereocenters. The minimum atomic E-state index is -0.341. The van der Waals surface area contributed by atoms with Gasteiger partial charge in [-0.25, -0.2) is 9.48 Å². The quantitative estimate of drug-likeness (QED) is 0.925. The monoisotopic (exact) mass is 308 g/mol. The predicted octanol–water partition coefficient (Wildman–Crippen LogP) is 2.27. The summed E-state index contributed by atoms with van der Waals surface area (Å²) in [4.78, 5) is 25.8. The van der Waals surface area contributed by atoms with Gasteiger partial charge in [0, 0.05) is 25.2 Å². The van der Waals surface area contributed by atoms with E-state index in [4.69, 9.17) is 4.74 Å². The fourth-order valence-electron chi connectivity index (χ4n) is 2.62. The van der Waals surface area contributed by atoms with Gasteiger partial charge in [0.15, 0.2) is 0 Å². The minimum absolute atomic E-state index is 0.0728. The third-order valence-corrected chi connectivity index (χ3v) is 3.73. The van der Waals surface area contributed by atoms with Crippen LogP contribution >= 0.6 is 0 Å². The standard InChI is InChI=1S/C15H24N4O3/c1-4-22-15(21)18-9-5-6-12(10-18)14(20)17-13-7-8-16-19(13)11(2)3/h7-8,11-12H,4-6,9-10H2,1-3H3,(H,17,20). The lowest BCUT2D eigenvalue weighted by Gasteiger charge is -2.31. The maximum atomic E-state index is 12.4. The van der Waals surface area contributed by atoms with Crippen LogP contribution in [0.25, 0.3) is 0 Å². The first-order valence-electron chi connectivity index (χ1n) is 7.79. The maximum Gasteiger partial charge on any atom is 0.409 e. The maximum absolute atomic E-state index is 12.4. The summed E-state index contributed by atoms with van der Waals surface area (Å²) in [5, 5.41) is 7.11. The zero-order valence-electron chi connectivity index (χ0n) is 13.4. The van der Waals surface area contributed by atoms with Crippen molar-refractivity contribution in [1.82, 2.24) is 14.7 Å². The van der Waals surface area contributed by atoms with Crippen LogP contribution < -0.4 is 5.32 Å². The Balaban J connectivity index is 1.97. The molecule has 1 unspecified atom stereocenters. The van der Waals surface area contributed by atoms with Gasteiger partial charge in [0.1, 0.15) is 5.82 Å². The van der Waals surface area contributed by atoms with Crippen LogP contribution in [0.3, 0.4) is 0 Å². The first kappa shape index (κ1) is 16.3. The van der Waals surface area contributed by atoms with Gasteiger partial charge in [-0.05, 0) is 33.6 Å². The topological polar surface area (TPSA) is 76.5 Å². The predicted molar refractivity (Wildman–Crippen MR) is 82.6 cm³/mol. The van der Waals surface area contributed by atoms with E-state index in [-0.39, 0.29) is 24.0 Å². The number of likely N-dealkylation sites (tertiary alicyclic amines) is 1. The van der Waals surface area contributed by atoms with E-state index in [1.165, 1.54) is 0 Å². The van der Waals surface area contributed by atoms with Gasteiger partial charge in [0.05, 0.1) is 18.7 Å². The van der Waals surface area contributed by atoms with Gasteiger partial charge in [0.25, 0.3) is 0 Å². The molecule has 1 aromatic heterocycles. The van der Waals surface area contributed by atoms with Gasteiger partial charge in [0.2, 0.25) is 5.91 Å². The van der Waals surface area contributed by atoms with Crippen molar-refractivity contribution in [2.45, 2.75) is 39.7 Å². The molecule has 2 heterocycles. The lowest BCUT2D eigenvalue weighted by molar-refractivity contribution is -0.121. The first-order chi connectivity index (χ1) is 10.5. The van der Waals surface area contributed by atoms with E-state index < -0.39 is 0 Å². The fourth-order valence-corrected chi connectivity index (χ4v) is 2.62. The van der Waals surface area contributed by atoms with E-state index in [1.54, 1.807) is 28.8 Å². The molecule has 1 N–H and O–H groups in total. The lowest BCUT2D eigenvalue weighted by atomic mass is 9.97. The number of aromatic nitrogens is 2. The molecule has 2 rings (SSSR count). The van der Waals surface area contributed by atoms with Gasteiger partial charge in [-0.2, -0.15) is 5.10 Å². The Hall–Kier alpha value is -2.05. The molecule has 22 heavy (non-hydrogen) atoms. The normalized spacial score (nSPS) is 18.4. The number of nitrogens with one attached hydrogen (secondary N) is 1. The highest BCUT2D eigenvalue weighted by Gasteiger charge is 2.29. The van der Waals surface area contributed by atoms with Gasteiger partial charge >= 0.3 is 6.09 Å². The van der Waals surface area contributed by atoms with Crippen molar-refractivity contribution < 1.29 is 14.3 Å². The molecule has 0 saturated carbocycles. The highest BCUT2D eigenvalue weighted by molar-refractivity contribution is 5.92. The van der Waals surface area contributed by atoms with E-state index in [1.807, 2.05) is 13.8 Å². The Morgan fingerprint density at radius 1 is 1.50 bits per heavy atom. The lowest BCUT2D eigenvalue weighted by Crippen LogP contribution is -2.44. The average Bonchev–Trinajstić information content (AvgIpc) is 2.96. The van der Waals surface area contributed by atoms with E-state index in [2.05, 4.69) is 10.4 Å². The van der Waals surface area contributed by atoms with Crippen LogP contribution in [-0.4, -0.2) is 46.4 Å². The second-order valence-corrected chi connectivity index (χ2v) is 5.73. The second kappa shape index (κ2) is 7.29. The largest absolute Gasteiger partial charge is 0.450 e. The molecule has 0 aromatic carbocycles. The molecule has 2 amide bonds. The molecule has 1 aliphatic rings. The third kappa shape index (κ3) is 3.78. The van der Waals surface area contributed by atoms with Crippen LogP contribution in [0.2, 0.25) is 0 Å². The zero-order chi connectivity index (χ0) is 16.1. The van der Waals surface area contributed by atoms with Crippen LogP contribution in [0.5, 0.6) is 0 Å². The third-order valence-electron chi connectivity index (χ3n) is 3.73. The summed E-state index contributed by atoms with van der Waals surface area (Å²) in [5.74, 6) is 0.401. The molecule has 1 fully saturated rings. The Kier molecular flexibility index (Phi) is 5.41. The minimum Gasteiger partial charge on any atom is -0.450 e. The number of nitrogens with zero attached hydrogens (tertiary/aromatic N) is 3. The molecule has 0 radical (unpaired) electrons. The summed E-state index contributed by atoms with van der Waals surface area (Å²) in [7, 11) is 0. The Bertz CT molecular complexity index is 527. The van der Waals surface area contributed by atoms with Crippen molar-refractivity contribution in [3.63, 3.8) is 0 Å². The van der Waals surface area contributed by atoms with Gasteiger partial charge in [-0.3, -0.25) is 4.79 Å². The number of rotatable bonds is 4. The smallest absolute Gasteiger partial charge is 0.409 e. The molecule has 122 valence electrons. The zero-order valence-corrected chi connectivity index (χ0v) is 13.4. The molecule has 1 aromatic rings. The van der Waals surface area contributed by atoms with Crippen molar-refractivity contribution in [1.29, 1.82) is 0 Å². The van der Waals surface area contributed by atoms with Crippen molar-refractivity contribution >= 4 is 17.8 Å². The summed E-state index contributed by atoms with van der Waals surface area (Å²) in [6.45, 7) is 7.18. The molecule has 7 nitrogen and oxygen atoms in total. The molecule has 7 heteroatoms. The molecular weight excluding hydrogens is 284 g/mol. The summed E-state index contributed by atoms with van der Waals surface area (Å²) in [6.07, 6.45) is 2.91. The Morgan fingerprint density at radius 2 is 2.27 bits per heavy atom. The fraction of sp³-hybridized carbons (Fsp3) is 0.667. The first-order valence-corrected chi connectivity index (χ1v) is 7.79. The van der Waals surface area contributed by atoms with E-state index in [9.17, 15) is 9.59 Å². The number of hydrogen-bond donors (Lipinski definition) is 1. The van der Waals surface area contributed by atoms with Crippen LogP contribution in [-0.2, 0) is 9.53 Å². The number of hydrogen-bond acceptors (Lipinski definition) is 4. The Morgan fingerprint density at radius 3 is 2.95 bits per heavy atom. The molecule has 0 bridgehead atoms. The van der Waals surface area contributed by atoms with Crippen molar-refractivity contribution in [3.05, 3.63) is 12.3 Å². The Labute approximate surface area is 130 Å². The van der Waals surface area contributed by atoms with Gasteiger partial charge in [-0.1, -0.05) is 0 Å². The number of amides is 2. The highest BCUT2D eigenvalue weighted by Crippen LogP contribution is 2.20. The van der Waals surface area contributed by atoms with Gasteiger partial charge < -0.3 is 15.0 Å². The van der Waals surface area contributed by atoms with E-state index in [0.29, 0.717) is 25.5 Å². The summed E-state index contributed by atoms with van der Waals surface area (Å²) >= 11 is 0. The highest BCUT2D eigenvalue weighted by atomic mass is 16.6. The summed E-state index contributed by atoms with van der Waals surface area (Å²) < 4.78 is 6.77. The summed E-state index contributed by atoms with van der Waals surface area (Å²) in [6, 6.07) is 1.96. The number of ether oxygens (including phenoxy) is 1. The van der Waals surface area contributed by atoms with E-state index in [0.717, 1.165) is 12.8 Å². The van der Waals surface area contributed by atoms with Crippen LogP contribution in [0.1, 0.15) is 39.7 Å². The molecule has 0 aliphatic carbocycles. The number of carbonyl (C=O) groups is 2. The summed E-state index contributed by atoms with van der Waals surface area (Å²) in [5.41, 5.74) is 0. The number of carbonyl (C=O) groups excluding carboxylic acids is 2.